The molecular weight excluding hydrogens is 304 g/mol. The van der Waals surface area contributed by atoms with E-state index in [2.05, 4.69) is 26.8 Å². The van der Waals surface area contributed by atoms with Crippen LogP contribution in [0.15, 0.2) is 22.8 Å². The lowest BCUT2D eigenvalue weighted by molar-refractivity contribution is -0.175. The van der Waals surface area contributed by atoms with Gasteiger partial charge in [0.25, 0.3) is 0 Å². The van der Waals surface area contributed by atoms with Gasteiger partial charge in [-0.1, -0.05) is 25.5 Å². The van der Waals surface area contributed by atoms with Gasteiger partial charge in [0.1, 0.15) is 6.10 Å². The average Bonchev–Trinajstić information content (AvgIpc) is 3.05. The molecule has 0 aromatic heterocycles. The van der Waals surface area contributed by atoms with E-state index < -0.39 is 11.9 Å². The van der Waals surface area contributed by atoms with Gasteiger partial charge < -0.3 is 19.7 Å². The van der Waals surface area contributed by atoms with E-state index in [1.165, 1.54) is 5.57 Å². The standard InChI is InChI=1S/C20H30O4/c1-12-6-5-8-19(4)17(24-19)20(22)16-14(11-23-20)18(3,9-7-12)13(2)10-15(16)21/h6,13,15,17,21-22H,5,7-11H2,1-4H3/b12-6-/t13-,15-,17-,18+,19+,20+/m1/s1. The van der Waals surface area contributed by atoms with E-state index in [9.17, 15) is 10.2 Å². The summed E-state index contributed by atoms with van der Waals surface area (Å²) in [6.07, 6.45) is 5.88. The summed E-state index contributed by atoms with van der Waals surface area (Å²) < 4.78 is 11.9. The molecule has 2 heterocycles. The molecule has 4 rings (SSSR count). The summed E-state index contributed by atoms with van der Waals surface area (Å²) in [6, 6.07) is 0. The van der Waals surface area contributed by atoms with E-state index in [1.54, 1.807) is 0 Å². The van der Waals surface area contributed by atoms with Gasteiger partial charge in [0, 0.05) is 5.57 Å². The molecule has 1 fully saturated rings. The van der Waals surface area contributed by atoms with E-state index in [1.807, 2.05) is 6.92 Å². The summed E-state index contributed by atoms with van der Waals surface area (Å²) in [7, 11) is 0. The zero-order chi connectivity index (χ0) is 17.3. The topological polar surface area (TPSA) is 62.2 Å². The third-order valence-electron chi connectivity index (χ3n) is 7.25. The Balaban J connectivity index is 1.82. The smallest absolute Gasteiger partial charge is 0.221 e. The van der Waals surface area contributed by atoms with Crippen LogP contribution in [0, 0.1) is 11.3 Å². The first kappa shape index (κ1) is 16.8. The largest absolute Gasteiger partial charge is 0.389 e. The van der Waals surface area contributed by atoms with Crippen molar-refractivity contribution in [1.82, 2.24) is 0 Å². The zero-order valence-corrected chi connectivity index (χ0v) is 15.3. The number of aliphatic hydroxyl groups is 2. The fourth-order valence-electron chi connectivity index (χ4n) is 5.17. The van der Waals surface area contributed by atoms with Crippen molar-refractivity contribution in [2.45, 2.75) is 83.4 Å². The van der Waals surface area contributed by atoms with Gasteiger partial charge in [-0.3, -0.25) is 0 Å². The second-order valence-electron chi connectivity index (χ2n) is 8.85. The van der Waals surface area contributed by atoms with Crippen LogP contribution in [0.3, 0.4) is 0 Å². The number of ether oxygens (including phenoxy) is 2. The highest BCUT2D eigenvalue weighted by Crippen LogP contribution is 2.59. The molecule has 0 aromatic rings. The minimum Gasteiger partial charge on any atom is -0.389 e. The molecule has 4 nitrogen and oxygen atoms in total. The molecule has 2 aliphatic carbocycles. The molecule has 1 saturated heterocycles. The van der Waals surface area contributed by atoms with Crippen LogP contribution in [-0.4, -0.2) is 40.4 Å². The molecule has 0 amide bonds. The number of hydrogen-bond donors (Lipinski definition) is 2. The summed E-state index contributed by atoms with van der Waals surface area (Å²) in [5.41, 5.74) is 2.83. The summed E-state index contributed by atoms with van der Waals surface area (Å²) in [5.74, 6) is -1.09. The van der Waals surface area contributed by atoms with Gasteiger partial charge in [0.05, 0.1) is 18.3 Å². The van der Waals surface area contributed by atoms with Crippen LogP contribution in [0.5, 0.6) is 0 Å². The third kappa shape index (κ3) is 2.20. The Morgan fingerprint density at radius 1 is 1.25 bits per heavy atom. The maximum atomic E-state index is 11.3. The van der Waals surface area contributed by atoms with Crippen molar-refractivity contribution in [3.05, 3.63) is 22.8 Å². The molecule has 0 unspecified atom stereocenters. The van der Waals surface area contributed by atoms with Crippen molar-refractivity contribution in [1.29, 1.82) is 0 Å². The lowest BCUT2D eigenvalue weighted by Crippen LogP contribution is -2.47. The molecule has 134 valence electrons. The van der Waals surface area contributed by atoms with Crippen molar-refractivity contribution < 1.29 is 19.7 Å². The number of fused-ring (bicyclic) bond motifs is 2. The molecule has 6 atom stereocenters. The number of allylic oxidation sites excluding steroid dienone is 2. The summed E-state index contributed by atoms with van der Waals surface area (Å²) in [6.45, 7) is 9.15. The first-order valence-electron chi connectivity index (χ1n) is 9.32. The van der Waals surface area contributed by atoms with Crippen molar-refractivity contribution in [3.63, 3.8) is 0 Å². The maximum absolute atomic E-state index is 11.3. The molecule has 0 aromatic carbocycles. The van der Waals surface area contributed by atoms with Crippen LogP contribution in [-0.2, 0) is 9.47 Å². The monoisotopic (exact) mass is 334 g/mol. The lowest BCUT2D eigenvalue weighted by Gasteiger charge is -2.44. The lowest BCUT2D eigenvalue weighted by atomic mass is 9.61. The summed E-state index contributed by atoms with van der Waals surface area (Å²) >= 11 is 0. The molecule has 2 N–H and O–H groups in total. The second-order valence-corrected chi connectivity index (χ2v) is 8.85. The van der Waals surface area contributed by atoms with Crippen LogP contribution in [0.4, 0.5) is 0 Å². The van der Waals surface area contributed by atoms with E-state index in [0.29, 0.717) is 24.5 Å². The normalized spacial score (nSPS) is 53.6. The predicted octanol–water partition coefficient (Wildman–Crippen LogP) is 3.09. The molecule has 0 saturated carbocycles. The molecule has 2 aliphatic heterocycles. The van der Waals surface area contributed by atoms with Crippen LogP contribution in [0.2, 0.25) is 0 Å². The van der Waals surface area contributed by atoms with Crippen LogP contribution in [0.1, 0.15) is 59.8 Å². The molecule has 4 bridgehead atoms. The van der Waals surface area contributed by atoms with E-state index >= 15 is 0 Å². The number of aliphatic hydroxyl groups excluding tert-OH is 1. The SMILES string of the molecule is C/C1=C/CC[C@]2(C)O[C@H]2[C@@]2(O)OCC3=C2[C@H](O)C[C@@H](C)[C@]3(C)CC1. The van der Waals surface area contributed by atoms with Gasteiger partial charge in [-0.05, 0) is 62.9 Å². The van der Waals surface area contributed by atoms with Crippen molar-refractivity contribution in [2.24, 2.45) is 11.3 Å². The first-order valence-corrected chi connectivity index (χ1v) is 9.32. The molecule has 4 aliphatic rings. The Kier molecular flexibility index (Phi) is 3.61. The minimum absolute atomic E-state index is 0.0430. The maximum Gasteiger partial charge on any atom is 0.221 e. The number of epoxide rings is 1. The number of rotatable bonds is 0. The second kappa shape index (κ2) is 5.16. The van der Waals surface area contributed by atoms with Crippen LogP contribution < -0.4 is 0 Å². The quantitative estimate of drug-likeness (QED) is 0.528. The van der Waals surface area contributed by atoms with E-state index in [4.69, 9.17) is 9.47 Å². The van der Waals surface area contributed by atoms with Gasteiger partial charge in [-0.15, -0.1) is 0 Å². The fraction of sp³-hybridized carbons (Fsp3) is 0.800. The average molecular weight is 334 g/mol. The van der Waals surface area contributed by atoms with Gasteiger partial charge >= 0.3 is 0 Å². The van der Waals surface area contributed by atoms with Gasteiger partial charge in [-0.25, -0.2) is 0 Å². The minimum atomic E-state index is -1.46. The Labute approximate surface area is 144 Å². The molecular formula is C20H30O4. The molecule has 24 heavy (non-hydrogen) atoms. The zero-order valence-electron chi connectivity index (χ0n) is 15.3. The molecule has 0 radical (unpaired) electrons. The highest BCUT2D eigenvalue weighted by molar-refractivity contribution is 5.41. The Hall–Kier alpha value is -0.680. The van der Waals surface area contributed by atoms with Gasteiger partial charge in [0.2, 0.25) is 5.79 Å². The van der Waals surface area contributed by atoms with E-state index in [-0.39, 0.29) is 17.1 Å². The van der Waals surface area contributed by atoms with Crippen molar-refractivity contribution >= 4 is 0 Å². The fourth-order valence-corrected chi connectivity index (χ4v) is 5.17. The van der Waals surface area contributed by atoms with Gasteiger partial charge in [-0.2, -0.15) is 0 Å². The number of hydrogen-bond acceptors (Lipinski definition) is 4. The van der Waals surface area contributed by atoms with Crippen molar-refractivity contribution in [2.75, 3.05) is 6.61 Å². The highest BCUT2D eigenvalue weighted by Gasteiger charge is 2.68. The predicted molar refractivity (Wildman–Crippen MR) is 91.3 cm³/mol. The van der Waals surface area contributed by atoms with Crippen LogP contribution in [0.25, 0.3) is 0 Å². The summed E-state index contributed by atoms with van der Waals surface area (Å²) in [5, 5.41) is 22.1. The molecule has 0 spiro atoms. The van der Waals surface area contributed by atoms with E-state index in [0.717, 1.165) is 31.3 Å². The first-order chi connectivity index (χ1) is 11.2. The summed E-state index contributed by atoms with van der Waals surface area (Å²) in [4.78, 5) is 0. The van der Waals surface area contributed by atoms with Crippen molar-refractivity contribution in [3.8, 4) is 0 Å². The Morgan fingerprint density at radius 2 is 2.00 bits per heavy atom. The van der Waals surface area contributed by atoms with Gasteiger partial charge in [0.15, 0.2) is 0 Å². The molecule has 4 heteroatoms. The highest BCUT2D eigenvalue weighted by atomic mass is 16.7. The third-order valence-corrected chi connectivity index (χ3v) is 7.25. The Bertz CT molecular complexity index is 623. The van der Waals surface area contributed by atoms with Crippen LogP contribution >= 0.6 is 0 Å². The Morgan fingerprint density at radius 3 is 2.75 bits per heavy atom.